The molecular formula is C34H45NO4. The molecule has 0 unspecified atom stereocenters. The predicted octanol–water partition coefficient (Wildman–Crippen LogP) is 7.45. The molecule has 5 heteroatoms. The molecule has 5 nitrogen and oxygen atoms in total. The summed E-state index contributed by atoms with van der Waals surface area (Å²) in [7, 11) is 1.38. The number of carbonyl (C=O) groups excluding carboxylic acids is 2. The number of carbonyl (C=O) groups is 2. The number of likely N-dealkylation sites (tertiary alicyclic amines) is 1. The minimum Gasteiger partial charge on any atom is -0.467 e. The van der Waals surface area contributed by atoms with Gasteiger partial charge >= 0.3 is 5.97 Å². The van der Waals surface area contributed by atoms with E-state index in [1.807, 2.05) is 36.4 Å². The van der Waals surface area contributed by atoms with Crippen molar-refractivity contribution in [3.05, 3.63) is 78.9 Å². The van der Waals surface area contributed by atoms with Crippen LogP contribution in [0.1, 0.15) is 70.4 Å². The summed E-state index contributed by atoms with van der Waals surface area (Å²) >= 11 is 0. The van der Waals surface area contributed by atoms with Crippen molar-refractivity contribution in [2.75, 3.05) is 13.7 Å². The van der Waals surface area contributed by atoms with Crippen molar-refractivity contribution in [3.63, 3.8) is 0 Å². The first-order valence-electron chi connectivity index (χ1n) is 14.1. The van der Waals surface area contributed by atoms with E-state index in [2.05, 4.69) is 58.2 Å². The minimum absolute atomic E-state index is 0.0248. The van der Waals surface area contributed by atoms with Gasteiger partial charge in [0.05, 0.1) is 19.8 Å². The average Bonchev–Trinajstić information content (AvgIpc) is 3.37. The molecular weight excluding hydrogens is 486 g/mol. The van der Waals surface area contributed by atoms with Gasteiger partial charge in [-0.15, -0.1) is 6.58 Å². The molecule has 0 spiro atoms. The van der Waals surface area contributed by atoms with E-state index < -0.39 is 6.04 Å². The lowest BCUT2D eigenvalue weighted by molar-refractivity contribution is -0.154. The summed E-state index contributed by atoms with van der Waals surface area (Å²) in [4.78, 5) is 28.3. The number of nitrogens with zero attached hydrogens (tertiary/aromatic N) is 1. The zero-order chi connectivity index (χ0) is 28.4. The molecule has 0 radical (unpaired) electrons. The van der Waals surface area contributed by atoms with E-state index in [1.54, 1.807) is 4.90 Å². The Labute approximate surface area is 234 Å². The first-order valence-corrected chi connectivity index (χ1v) is 14.1. The number of amides is 1. The summed E-state index contributed by atoms with van der Waals surface area (Å²) in [5.74, 6) is -0.524. The normalized spacial score (nSPS) is 18.0. The van der Waals surface area contributed by atoms with Crippen LogP contribution >= 0.6 is 0 Å². The zero-order valence-corrected chi connectivity index (χ0v) is 24.2. The largest absolute Gasteiger partial charge is 0.467 e. The Kier molecular flexibility index (Phi) is 11.1. The molecule has 1 fully saturated rings. The fraction of sp³-hybridized carbons (Fsp3) is 0.471. The molecule has 0 saturated carbocycles. The molecule has 1 aliphatic heterocycles. The number of allylic oxidation sites excluding steroid dienone is 1. The van der Waals surface area contributed by atoms with Gasteiger partial charge in [0, 0.05) is 18.9 Å². The standard InChI is InChI=1S/C34H45NO4/c1-7-9-10-11-12-19-30(34(3,4)5)32(36)35-23-29(22-31(35)33(37)38-6)39-24-26-16-14-18-28(21-26)27-17-13-15-25(8-2)20-27/h7-8,13-18,20-21,29-31H,1-2,9-12,19,22-24H2,3-6H3/t29-,30-,31+/m1/s1. The van der Waals surface area contributed by atoms with Crippen LogP contribution in [-0.2, 0) is 25.7 Å². The Morgan fingerprint density at radius 3 is 2.44 bits per heavy atom. The van der Waals surface area contributed by atoms with E-state index in [9.17, 15) is 9.59 Å². The lowest BCUT2D eigenvalue weighted by atomic mass is 9.76. The first-order chi connectivity index (χ1) is 18.7. The van der Waals surface area contributed by atoms with Crippen LogP contribution in [0.3, 0.4) is 0 Å². The number of benzene rings is 2. The van der Waals surface area contributed by atoms with Gasteiger partial charge in [0.1, 0.15) is 6.04 Å². The van der Waals surface area contributed by atoms with E-state index in [-0.39, 0.29) is 29.3 Å². The SMILES string of the molecule is C=CCCCCC[C@H](C(=O)N1C[C@H](OCc2cccc(-c3cccc(C=C)c3)c2)C[C@H]1C(=O)OC)C(C)(C)C. The van der Waals surface area contributed by atoms with Gasteiger partial charge in [-0.05, 0) is 59.1 Å². The Morgan fingerprint density at radius 2 is 1.77 bits per heavy atom. The van der Waals surface area contributed by atoms with Gasteiger partial charge in [-0.2, -0.15) is 0 Å². The smallest absolute Gasteiger partial charge is 0.328 e. The zero-order valence-electron chi connectivity index (χ0n) is 24.2. The van der Waals surface area contributed by atoms with Crippen molar-refractivity contribution < 1.29 is 19.1 Å². The van der Waals surface area contributed by atoms with Gasteiger partial charge in [-0.3, -0.25) is 4.79 Å². The maximum atomic E-state index is 13.9. The highest BCUT2D eigenvalue weighted by molar-refractivity contribution is 5.87. The van der Waals surface area contributed by atoms with E-state index >= 15 is 0 Å². The summed E-state index contributed by atoms with van der Waals surface area (Å²) in [6.45, 7) is 14.8. The highest BCUT2D eigenvalue weighted by Crippen LogP contribution is 2.35. The van der Waals surface area contributed by atoms with Gasteiger partial charge in [0.2, 0.25) is 5.91 Å². The third-order valence-electron chi connectivity index (χ3n) is 7.63. The molecule has 2 aromatic carbocycles. The Bertz CT molecular complexity index is 1130. The van der Waals surface area contributed by atoms with Crippen LogP contribution in [0.2, 0.25) is 0 Å². The number of hydrogen-bond donors (Lipinski definition) is 0. The Hall–Kier alpha value is -3.18. The minimum atomic E-state index is -0.619. The number of hydrogen-bond acceptors (Lipinski definition) is 4. The molecule has 210 valence electrons. The van der Waals surface area contributed by atoms with Gasteiger partial charge in [0.25, 0.3) is 0 Å². The van der Waals surface area contributed by atoms with Gasteiger partial charge in [0.15, 0.2) is 0 Å². The molecule has 1 amide bonds. The Morgan fingerprint density at radius 1 is 1.05 bits per heavy atom. The van der Waals surface area contributed by atoms with Crippen molar-refractivity contribution in [1.29, 1.82) is 0 Å². The van der Waals surface area contributed by atoms with E-state index in [0.29, 0.717) is 19.6 Å². The highest BCUT2D eigenvalue weighted by Gasteiger charge is 2.44. The van der Waals surface area contributed by atoms with E-state index in [1.165, 1.54) is 7.11 Å². The van der Waals surface area contributed by atoms with Crippen molar-refractivity contribution >= 4 is 18.0 Å². The molecule has 3 rings (SSSR count). The van der Waals surface area contributed by atoms with Crippen molar-refractivity contribution in [1.82, 2.24) is 4.90 Å². The molecule has 0 bridgehead atoms. The molecule has 2 aromatic rings. The van der Waals surface area contributed by atoms with E-state index in [4.69, 9.17) is 9.47 Å². The monoisotopic (exact) mass is 531 g/mol. The van der Waals surface area contributed by atoms with Crippen LogP contribution in [0, 0.1) is 11.3 Å². The highest BCUT2D eigenvalue weighted by atomic mass is 16.5. The quantitative estimate of drug-likeness (QED) is 0.153. The molecule has 3 atom stereocenters. The summed E-state index contributed by atoms with van der Waals surface area (Å²) < 4.78 is 11.4. The number of rotatable bonds is 13. The van der Waals surface area contributed by atoms with Crippen molar-refractivity contribution in [2.24, 2.45) is 11.3 Å². The van der Waals surface area contributed by atoms with Crippen molar-refractivity contribution in [3.8, 4) is 11.1 Å². The van der Waals surface area contributed by atoms with Crippen LogP contribution in [0.5, 0.6) is 0 Å². The third kappa shape index (κ3) is 8.40. The lowest BCUT2D eigenvalue weighted by Gasteiger charge is -2.34. The molecule has 1 heterocycles. The second-order valence-corrected chi connectivity index (χ2v) is 11.6. The Balaban J connectivity index is 1.69. The molecule has 39 heavy (non-hydrogen) atoms. The molecule has 0 aliphatic carbocycles. The molecule has 0 aromatic heterocycles. The summed E-state index contributed by atoms with van der Waals surface area (Å²) in [5.41, 5.74) is 4.14. The summed E-state index contributed by atoms with van der Waals surface area (Å²) in [6, 6.07) is 15.9. The van der Waals surface area contributed by atoms with Crippen LogP contribution in [0.25, 0.3) is 17.2 Å². The number of unbranched alkanes of at least 4 members (excludes halogenated alkanes) is 3. The maximum absolute atomic E-state index is 13.9. The fourth-order valence-electron chi connectivity index (χ4n) is 5.36. The first kappa shape index (κ1) is 30.4. The molecule has 1 saturated heterocycles. The summed E-state index contributed by atoms with van der Waals surface area (Å²) in [5, 5.41) is 0. The van der Waals surface area contributed by atoms with Crippen LogP contribution in [0.4, 0.5) is 0 Å². The second kappa shape index (κ2) is 14.3. The third-order valence-corrected chi connectivity index (χ3v) is 7.63. The van der Waals surface area contributed by atoms with Crippen molar-refractivity contribution in [2.45, 2.75) is 78.0 Å². The van der Waals surface area contributed by atoms with Crippen LogP contribution < -0.4 is 0 Å². The maximum Gasteiger partial charge on any atom is 0.328 e. The fourth-order valence-corrected chi connectivity index (χ4v) is 5.36. The predicted molar refractivity (Wildman–Crippen MR) is 159 cm³/mol. The lowest BCUT2D eigenvalue weighted by Crippen LogP contribution is -2.47. The van der Waals surface area contributed by atoms with E-state index in [0.717, 1.165) is 54.4 Å². The van der Waals surface area contributed by atoms with Gasteiger partial charge in [-0.1, -0.05) is 88.7 Å². The second-order valence-electron chi connectivity index (χ2n) is 11.6. The number of methoxy groups -OCH3 is 1. The molecule has 0 N–H and O–H groups in total. The molecule has 1 aliphatic rings. The number of ether oxygens (including phenoxy) is 2. The topological polar surface area (TPSA) is 55.8 Å². The number of esters is 1. The summed E-state index contributed by atoms with van der Waals surface area (Å²) in [6.07, 6.45) is 8.90. The average molecular weight is 532 g/mol. The van der Waals surface area contributed by atoms with Gasteiger partial charge in [-0.25, -0.2) is 4.79 Å². The van der Waals surface area contributed by atoms with Crippen LogP contribution in [0.15, 0.2) is 67.8 Å². The van der Waals surface area contributed by atoms with Crippen LogP contribution in [-0.4, -0.2) is 42.6 Å². The van der Waals surface area contributed by atoms with Gasteiger partial charge < -0.3 is 14.4 Å².